The Morgan fingerprint density at radius 3 is 2.30 bits per heavy atom. The molecule has 0 aromatic heterocycles. The maximum absolute atomic E-state index is 12.5. The van der Waals surface area contributed by atoms with Crippen LogP contribution in [0.1, 0.15) is 28.8 Å². The molecule has 1 fully saturated rings. The van der Waals surface area contributed by atoms with E-state index in [-0.39, 0.29) is 12.3 Å². The minimum absolute atomic E-state index is 0.000237. The van der Waals surface area contributed by atoms with Crippen molar-refractivity contribution in [3.8, 4) is 11.1 Å². The Bertz CT molecular complexity index is 733. The molecule has 4 nitrogen and oxygen atoms in total. The first-order valence-electron chi connectivity index (χ1n) is 7.84. The molecule has 1 N–H and O–H groups in total. The predicted octanol–water partition coefficient (Wildman–Crippen LogP) is 3.22. The largest absolute Gasteiger partial charge is 0.481 e. The van der Waals surface area contributed by atoms with Gasteiger partial charge in [0.05, 0.1) is 6.42 Å². The van der Waals surface area contributed by atoms with E-state index < -0.39 is 5.97 Å². The first-order valence-corrected chi connectivity index (χ1v) is 7.84. The number of carboxylic acids is 1. The van der Waals surface area contributed by atoms with Gasteiger partial charge >= 0.3 is 5.97 Å². The van der Waals surface area contributed by atoms with Gasteiger partial charge in [-0.25, -0.2) is 0 Å². The Labute approximate surface area is 135 Å². The zero-order valence-corrected chi connectivity index (χ0v) is 12.9. The van der Waals surface area contributed by atoms with Crippen LogP contribution >= 0.6 is 0 Å². The quantitative estimate of drug-likeness (QED) is 0.943. The van der Waals surface area contributed by atoms with Crippen LogP contribution in [0.4, 0.5) is 0 Å². The van der Waals surface area contributed by atoms with Gasteiger partial charge in [0.1, 0.15) is 0 Å². The van der Waals surface area contributed by atoms with Gasteiger partial charge in [-0.2, -0.15) is 0 Å². The third-order valence-electron chi connectivity index (χ3n) is 4.12. The molecule has 0 spiro atoms. The van der Waals surface area contributed by atoms with Gasteiger partial charge in [0.25, 0.3) is 5.91 Å². The number of nitrogens with zero attached hydrogens (tertiary/aromatic N) is 1. The van der Waals surface area contributed by atoms with Crippen LogP contribution in [0.15, 0.2) is 48.5 Å². The van der Waals surface area contributed by atoms with Crippen LogP contribution in [-0.2, 0) is 11.2 Å². The molecule has 0 atom stereocenters. The van der Waals surface area contributed by atoms with E-state index in [1.165, 1.54) is 0 Å². The van der Waals surface area contributed by atoms with Crippen molar-refractivity contribution < 1.29 is 14.7 Å². The van der Waals surface area contributed by atoms with Crippen LogP contribution in [-0.4, -0.2) is 35.0 Å². The molecule has 4 heteroatoms. The molecule has 0 unspecified atom stereocenters. The number of carboxylic acid groups (broad SMARTS) is 1. The summed E-state index contributed by atoms with van der Waals surface area (Å²) in [6.45, 7) is 1.66. The van der Waals surface area contributed by atoms with E-state index >= 15 is 0 Å². The lowest BCUT2D eigenvalue weighted by Gasteiger charge is -2.15. The third-order valence-corrected chi connectivity index (χ3v) is 4.12. The molecule has 1 amide bonds. The number of benzene rings is 2. The fourth-order valence-corrected chi connectivity index (χ4v) is 2.97. The maximum atomic E-state index is 12.5. The Morgan fingerprint density at radius 2 is 1.61 bits per heavy atom. The standard InChI is InChI=1S/C19H19NO3/c21-18(22)12-14-5-3-6-15(11-14)16-7-4-8-17(13-16)19(23)20-9-1-2-10-20/h3-8,11,13H,1-2,9-10,12H2,(H,21,22). The molecule has 0 radical (unpaired) electrons. The van der Waals surface area contributed by atoms with Crippen LogP contribution in [0.2, 0.25) is 0 Å². The van der Waals surface area contributed by atoms with Gasteiger partial charge in [-0.1, -0.05) is 36.4 Å². The number of likely N-dealkylation sites (tertiary alicyclic amines) is 1. The maximum Gasteiger partial charge on any atom is 0.307 e. The molecule has 23 heavy (non-hydrogen) atoms. The van der Waals surface area contributed by atoms with E-state index in [1.807, 2.05) is 47.4 Å². The molecule has 3 rings (SSSR count). The second-order valence-corrected chi connectivity index (χ2v) is 5.85. The molecule has 0 saturated carbocycles. The van der Waals surface area contributed by atoms with E-state index in [1.54, 1.807) is 6.07 Å². The van der Waals surface area contributed by atoms with Crippen LogP contribution in [0.25, 0.3) is 11.1 Å². The average molecular weight is 309 g/mol. The number of rotatable bonds is 4. The molecule has 1 saturated heterocycles. The van der Waals surface area contributed by atoms with Gasteiger partial charge in [0, 0.05) is 18.7 Å². The fraction of sp³-hybridized carbons (Fsp3) is 0.263. The Kier molecular flexibility index (Phi) is 4.42. The van der Waals surface area contributed by atoms with Crippen molar-refractivity contribution in [2.45, 2.75) is 19.3 Å². The van der Waals surface area contributed by atoms with Crippen molar-refractivity contribution in [2.75, 3.05) is 13.1 Å². The highest BCUT2D eigenvalue weighted by Crippen LogP contribution is 2.23. The summed E-state index contributed by atoms with van der Waals surface area (Å²) < 4.78 is 0. The van der Waals surface area contributed by atoms with E-state index in [0.29, 0.717) is 5.56 Å². The van der Waals surface area contributed by atoms with Crippen LogP contribution in [0.5, 0.6) is 0 Å². The number of carbonyl (C=O) groups is 2. The summed E-state index contributed by atoms with van der Waals surface area (Å²) >= 11 is 0. The lowest BCUT2D eigenvalue weighted by atomic mass is 10.00. The first kappa shape index (κ1) is 15.3. The smallest absolute Gasteiger partial charge is 0.307 e. The van der Waals surface area contributed by atoms with Crippen LogP contribution in [0.3, 0.4) is 0 Å². The molecule has 0 bridgehead atoms. The van der Waals surface area contributed by atoms with E-state index in [2.05, 4.69) is 0 Å². The minimum Gasteiger partial charge on any atom is -0.481 e. The summed E-state index contributed by atoms with van der Waals surface area (Å²) in [6, 6.07) is 15.0. The molecular weight excluding hydrogens is 290 g/mol. The van der Waals surface area contributed by atoms with Crippen LogP contribution in [0, 0.1) is 0 Å². The number of carbonyl (C=O) groups excluding carboxylic acids is 1. The highest BCUT2D eigenvalue weighted by Gasteiger charge is 2.19. The van der Waals surface area contributed by atoms with Gasteiger partial charge in [0.15, 0.2) is 0 Å². The van der Waals surface area contributed by atoms with E-state index in [9.17, 15) is 9.59 Å². The molecule has 2 aromatic rings. The summed E-state index contributed by atoms with van der Waals surface area (Å²) in [4.78, 5) is 25.2. The van der Waals surface area contributed by atoms with Gasteiger partial charge in [-0.05, 0) is 41.7 Å². The van der Waals surface area contributed by atoms with Crippen molar-refractivity contribution in [3.63, 3.8) is 0 Å². The van der Waals surface area contributed by atoms with Crippen molar-refractivity contribution in [1.82, 2.24) is 4.90 Å². The van der Waals surface area contributed by atoms with Gasteiger partial charge in [0.2, 0.25) is 0 Å². The Morgan fingerprint density at radius 1 is 0.957 bits per heavy atom. The second-order valence-electron chi connectivity index (χ2n) is 5.85. The third kappa shape index (κ3) is 3.59. The summed E-state index contributed by atoms with van der Waals surface area (Å²) in [5.74, 6) is -0.772. The Balaban J connectivity index is 1.87. The van der Waals surface area contributed by atoms with Crippen molar-refractivity contribution >= 4 is 11.9 Å². The highest BCUT2D eigenvalue weighted by molar-refractivity contribution is 5.95. The summed E-state index contributed by atoms with van der Waals surface area (Å²) in [6.07, 6.45) is 2.14. The molecule has 1 aliphatic rings. The number of hydrogen-bond acceptors (Lipinski definition) is 2. The first-order chi connectivity index (χ1) is 11.1. The average Bonchev–Trinajstić information content (AvgIpc) is 3.08. The van der Waals surface area contributed by atoms with Crippen molar-refractivity contribution in [2.24, 2.45) is 0 Å². The zero-order valence-electron chi connectivity index (χ0n) is 12.9. The van der Waals surface area contributed by atoms with Crippen molar-refractivity contribution in [3.05, 3.63) is 59.7 Å². The minimum atomic E-state index is -0.847. The molecule has 1 aliphatic heterocycles. The van der Waals surface area contributed by atoms with E-state index in [0.717, 1.165) is 42.6 Å². The predicted molar refractivity (Wildman–Crippen MR) is 88.4 cm³/mol. The number of aliphatic carboxylic acids is 1. The van der Waals surface area contributed by atoms with Crippen LogP contribution < -0.4 is 0 Å². The molecular formula is C19H19NO3. The molecule has 1 heterocycles. The van der Waals surface area contributed by atoms with Gasteiger partial charge < -0.3 is 10.0 Å². The topological polar surface area (TPSA) is 57.6 Å². The van der Waals surface area contributed by atoms with Gasteiger partial charge in [-0.3, -0.25) is 9.59 Å². The molecule has 118 valence electrons. The number of hydrogen-bond donors (Lipinski definition) is 1. The molecule has 0 aliphatic carbocycles. The second kappa shape index (κ2) is 6.65. The lowest BCUT2D eigenvalue weighted by Crippen LogP contribution is -2.27. The van der Waals surface area contributed by atoms with Crippen molar-refractivity contribution in [1.29, 1.82) is 0 Å². The lowest BCUT2D eigenvalue weighted by molar-refractivity contribution is -0.136. The van der Waals surface area contributed by atoms with E-state index in [4.69, 9.17) is 5.11 Å². The van der Waals surface area contributed by atoms with Gasteiger partial charge in [-0.15, -0.1) is 0 Å². The summed E-state index contributed by atoms with van der Waals surface area (Å²) in [7, 11) is 0. The molecule has 2 aromatic carbocycles. The Hall–Kier alpha value is -2.62. The fourth-order valence-electron chi connectivity index (χ4n) is 2.97. The number of amides is 1. The SMILES string of the molecule is O=C(O)Cc1cccc(-c2cccc(C(=O)N3CCCC3)c2)c1. The zero-order chi connectivity index (χ0) is 16.2. The summed E-state index contributed by atoms with van der Waals surface area (Å²) in [5, 5.41) is 8.92. The summed E-state index contributed by atoms with van der Waals surface area (Å²) in [5.41, 5.74) is 3.31. The highest BCUT2D eigenvalue weighted by atomic mass is 16.4. The normalized spacial score (nSPS) is 14.0. The monoisotopic (exact) mass is 309 g/mol.